The molecular formula is C37H43N3O7. The molecule has 2 fully saturated rings. The maximum absolute atomic E-state index is 14.7. The number of carbonyl (C=O) groups excluding carboxylic acids is 4. The number of esters is 1. The van der Waals surface area contributed by atoms with Gasteiger partial charge in [0, 0.05) is 26.6 Å². The fraction of sp³-hybridized carbons (Fsp3) is 0.459. The molecular weight excluding hydrogens is 598 g/mol. The Kier molecular flexibility index (Phi) is 9.34. The molecule has 248 valence electrons. The predicted octanol–water partition coefficient (Wildman–Crippen LogP) is 3.42. The van der Waals surface area contributed by atoms with Crippen molar-refractivity contribution in [1.82, 2.24) is 14.7 Å². The highest BCUT2D eigenvalue weighted by molar-refractivity contribution is 5.99. The molecule has 0 aromatic heterocycles. The number of benzene rings is 2. The molecule has 10 heteroatoms. The lowest BCUT2D eigenvalue weighted by atomic mass is 9.77. The molecule has 0 bridgehead atoms. The average Bonchev–Trinajstić information content (AvgIpc) is 3.48. The molecule has 10 nitrogen and oxygen atoms in total. The smallest absolute Gasteiger partial charge is 0.313 e. The van der Waals surface area contributed by atoms with E-state index in [1.165, 1.54) is 4.90 Å². The van der Waals surface area contributed by atoms with E-state index < -0.39 is 59.6 Å². The molecule has 2 saturated heterocycles. The number of hydrogen-bond acceptors (Lipinski definition) is 7. The lowest BCUT2D eigenvalue weighted by Crippen LogP contribution is -2.57. The summed E-state index contributed by atoms with van der Waals surface area (Å²) in [4.78, 5) is 61.6. The van der Waals surface area contributed by atoms with E-state index >= 15 is 0 Å². The number of hydrogen-bond donors (Lipinski definition) is 1. The van der Waals surface area contributed by atoms with Crippen LogP contribution in [0.4, 0.5) is 0 Å². The van der Waals surface area contributed by atoms with Gasteiger partial charge in [0.2, 0.25) is 17.7 Å². The van der Waals surface area contributed by atoms with Gasteiger partial charge in [-0.05, 0) is 30.9 Å². The molecule has 6 rings (SSSR count). The fourth-order valence-corrected chi connectivity index (χ4v) is 7.63. The number of amides is 3. The number of likely N-dealkylation sites (tertiary alicyclic amines) is 1. The van der Waals surface area contributed by atoms with Crippen LogP contribution in [0.3, 0.4) is 0 Å². The van der Waals surface area contributed by atoms with Gasteiger partial charge in [-0.25, -0.2) is 0 Å². The maximum Gasteiger partial charge on any atom is 0.313 e. The van der Waals surface area contributed by atoms with Crippen molar-refractivity contribution in [2.24, 2.45) is 11.8 Å². The second-order valence-electron chi connectivity index (χ2n) is 12.9. The number of aliphatic hydroxyl groups is 1. The number of rotatable bonds is 6. The fourth-order valence-electron chi connectivity index (χ4n) is 7.63. The number of carbonyl (C=O) groups is 4. The van der Waals surface area contributed by atoms with E-state index in [0.29, 0.717) is 19.4 Å². The summed E-state index contributed by atoms with van der Waals surface area (Å²) in [5, 5.41) is 10.4. The molecule has 2 aromatic rings. The van der Waals surface area contributed by atoms with E-state index in [1.54, 1.807) is 35.1 Å². The van der Waals surface area contributed by atoms with Crippen molar-refractivity contribution >= 4 is 23.7 Å². The van der Waals surface area contributed by atoms with Crippen LogP contribution in [0.1, 0.15) is 50.3 Å². The highest BCUT2D eigenvalue weighted by Crippen LogP contribution is 2.54. The van der Waals surface area contributed by atoms with Gasteiger partial charge >= 0.3 is 5.97 Å². The van der Waals surface area contributed by atoms with E-state index in [4.69, 9.17) is 9.47 Å². The Morgan fingerprint density at radius 2 is 1.68 bits per heavy atom. The van der Waals surface area contributed by atoms with Crippen LogP contribution in [0.15, 0.2) is 85.0 Å². The molecule has 4 aliphatic rings. The molecule has 0 aliphatic carbocycles. The average molecular weight is 642 g/mol. The number of likely N-dealkylation sites (N-methyl/N-ethyl adjacent to an activating group) is 1. The highest BCUT2D eigenvalue weighted by Gasteiger charge is 2.72. The third-order valence-corrected chi connectivity index (χ3v) is 10.2. The highest BCUT2D eigenvalue weighted by atomic mass is 16.6. The normalized spacial score (nSPS) is 32.5. The minimum Gasteiger partial charge on any atom is -0.455 e. The quantitative estimate of drug-likeness (QED) is 0.380. The summed E-state index contributed by atoms with van der Waals surface area (Å²) in [5.41, 5.74) is 0.185. The third-order valence-electron chi connectivity index (χ3n) is 10.2. The molecule has 0 radical (unpaired) electrons. The van der Waals surface area contributed by atoms with Crippen LogP contribution in [-0.2, 0) is 35.2 Å². The number of cyclic esters (lactones) is 1. The van der Waals surface area contributed by atoms with Gasteiger partial charge in [0.25, 0.3) is 0 Å². The molecule has 0 saturated carbocycles. The van der Waals surface area contributed by atoms with Gasteiger partial charge in [0.1, 0.15) is 23.7 Å². The van der Waals surface area contributed by atoms with Crippen molar-refractivity contribution in [3.05, 3.63) is 96.1 Å². The molecule has 8 atom stereocenters. The molecule has 47 heavy (non-hydrogen) atoms. The molecule has 4 heterocycles. The number of allylic oxidation sites excluding steroid dienone is 1. The monoisotopic (exact) mass is 641 g/mol. The third kappa shape index (κ3) is 5.78. The first-order valence-corrected chi connectivity index (χ1v) is 16.5. The van der Waals surface area contributed by atoms with Gasteiger partial charge < -0.3 is 29.3 Å². The second-order valence-corrected chi connectivity index (χ2v) is 12.9. The molecule has 4 aliphatic heterocycles. The first-order chi connectivity index (χ1) is 22.7. The van der Waals surface area contributed by atoms with E-state index in [-0.39, 0.29) is 31.4 Å². The molecule has 1 N–H and O–H groups in total. The van der Waals surface area contributed by atoms with Gasteiger partial charge in [0.05, 0.1) is 30.7 Å². The Bertz CT molecular complexity index is 1540. The van der Waals surface area contributed by atoms with Crippen molar-refractivity contribution in [3.8, 4) is 0 Å². The van der Waals surface area contributed by atoms with E-state index in [2.05, 4.69) is 0 Å². The number of fused-ring (bicyclic) bond motifs is 2. The van der Waals surface area contributed by atoms with Crippen LogP contribution in [0.5, 0.6) is 0 Å². The zero-order valence-electron chi connectivity index (χ0n) is 27.1. The van der Waals surface area contributed by atoms with Crippen molar-refractivity contribution in [2.45, 2.75) is 75.6 Å². The van der Waals surface area contributed by atoms with Crippen molar-refractivity contribution in [2.75, 3.05) is 20.2 Å². The summed E-state index contributed by atoms with van der Waals surface area (Å²) in [5.74, 6) is -3.59. The van der Waals surface area contributed by atoms with Crippen LogP contribution < -0.4 is 0 Å². The Morgan fingerprint density at radius 3 is 2.36 bits per heavy atom. The minimum atomic E-state index is -1.47. The summed E-state index contributed by atoms with van der Waals surface area (Å²) < 4.78 is 13.1. The Balaban J connectivity index is 1.44. The largest absolute Gasteiger partial charge is 0.455 e. The van der Waals surface area contributed by atoms with E-state index in [0.717, 1.165) is 11.1 Å². The number of aliphatic hydroxyl groups excluding tert-OH is 1. The van der Waals surface area contributed by atoms with Gasteiger partial charge in [0.15, 0.2) is 0 Å². The summed E-state index contributed by atoms with van der Waals surface area (Å²) in [6.07, 6.45) is 6.54. The van der Waals surface area contributed by atoms with Crippen LogP contribution in [-0.4, -0.2) is 93.5 Å². The molecule has 3 amide bonds. The van der Waals surface area contributed by atoms with Crippen LogP contribution in [0.2, 0.25) is 0 Å². The maximum atomic E-state index is 14.7. The second kappa shape index (κ2) is 13.4. The number of nitrogens with zero attached hydrogens (tertiary/aromatic N) is 3. The topological polar surface area (TPSA) is 117 Å². The first kappa shape index (κ1) is 32.7. The Morgan fingerprint density at radius 1 is 0.979 bits per heavy atom. The molecule has 2 aromatic carbocycles. The van der Waals surface area contributed by atoms with Gasteiger partial charge in [-0.1, -0.05) is 91.9 Å². The predicted molar refractivity (Wildman–Crippen MR) is 173 cm³/mol. The summed E-state index contributed by atoms with van der Waals surface area (Å²) in [7, 11) is 1.70. The van der Waals surface area contributed by atoms with Crippen molar-refractivity contribution < 1.29 is 33.8 Å². The minimum absolute atomic E-state index is 0.0876. The summed E-state index contributed by atoms with van der Waals surface area (Å²) in [6, 6.07) is 16.6. The first-order valence-electron chi connectivity index (χ1n) is 16.5. The zero-order valence-corrected chi connectivity index (χ0v) is 27.1. The molecule has 1 spiro atoms. The lowest BCUT2D eigenvalue weighted by Gasteiger charge is -2.38. The standard InChI is InChI=1S/C37H43N3O7/c1-4-27(23-41)40-33-35(44)39(22-25-14-7-5-8-15-25)21-13-20-37(33)31(34(40)43)30-28(47-37)18-11-12-19-29(42)38(3)24(2)32(46-36(30)45)26-16-9-6-10-17-26/h5-11,13-18,20,24,27-28,30-33,41H,4,12,19,21-23H2,1-3H3/b18-11-/t24-,27-,28-,30+,31+,32+,33-,37+/m0/s1. The Hall–Kier alpha value is -4.28. The van der Waals surface area contributed by atoms with E-state index in [1.807, 2.05) is 80.6 Å². The lowest BCUT2D eigenvalue weighted by molar-refractivity contribution is -0.164. The summed E-state index contributed by atoms with van der Waals surface area (Å²) >= 11 is 0. The zero-order chi connectivity index (χ0) is 33.3. The number of ether oxygens (including phenoxy) is 2. The van der Waals surface area contributed by atoms with Gasteiger partial charge in [-0.2, -0.15) is 0 Å². The van der Waals surface area contributed by atoms with Crippen LogP contribution in [0.25, 0.3) is 0 Å². The SMILES string of the molecule is CC[C@@H](CO)N1C(=O)[C@H]2[C@@H]3C(=O)O[C@@H](c4ccccc4)[C@H](C)N(C)C(=O)CC/C=C\[C@@H]3O[C@]23C=CCN(Cc2ccccc2)C(=O)[C@H]13. The van der Waals surface area contributed by atoms with Crippen molar-refractivity contribution in [1.29, 1.82) is 0 Å². The van der Waals surface area contributed by atoms with Gasteiger partial charge in [-0.3, -0.25) is 19.2 Å². The molecule has 0 unspecified atom stereocenters. The van der Waals surface area contributed by atoms with Gasteiger partial charge in [-0.15, -0.1) is 0 Å². The van der Waals surface area contributed by atoms with Crippen LogP contribution in [0, 0.1) is 11.8 Å². The van der Waals surface area contributed by atoms with E-state index in [9.17, 15) is 24.3 Å². The van der Waals surface area contributed by atoms with Crippen molar-refractivity contribution in [3.63, 3.8) is 0 Å². The Labute approximate surface area is 275 Å². The summed E-state index contributed by atoms with van der Waals surface area (Å²) in [6.45, 7) is 3.97. The van der Waals surface area contributed by atoms with Crippen LogP contribution >= 0.6 is 0 Å².